The zero-order valence-corrected chi connectivity index (χ0v) is 13.4. The molecule has 0 saturated heterocycles. The first-order valence-electron chi connectivity index (χ1n) is 7.58. The van der Waals surface area contributed by atoms with Crippen LogP contribution in [0.15, 0.2) is 12.1 Å². The van der Waals surface area contributed by atoms with Gasteiger partial charge >= 0.3 is 0 Å². The third kappa shape index (κ3) is 5.68. The van der Waals surface area contributed by atoms with Gasteiger partial charge in [0.2, 0.25) is 5.88 Å². The number of anilines is 2. The van der Waals surface area contributed by atoms with Crippen LogP contribution in [0.3, 0.4) is 0 Å². The van der Waals surface area contributed by atoms with E-state index in [0.29, 0.717) is 36.1 Å². The summed E-state index contributed by atoms with van der Waals surface area (Å²) in [5.74, 6) is 2.52. The number of hydrogen-bond donors (Lipinski definition) is 2. The SMILES string of the molecule is CCC(C)CC(C)Nc1ccc(N)c(OCC(C)C)n1. The molecule has 1 aromatic rings. The van der Waals surface area contributed by atoms with Gasteiger partial charge in [-0.3, -0.25) is 0 Å². The molecule has 4 heteroatoms. The summed E-state index contributed by atoms with van der Waals surface area (Å²) in [4.78, 5) is 4.46. The van der Waals surface area contributed by atoms with E-state index in [4.69, 9.17) is 10.5 Å². The second-order valence-electron chi connectivity index (χ2n) is 6.09. The first-order chi connectivity index (χ1) is 9.42. The van der Waals surface area contributed by atoms with E-state index >= 15 is 0 Å². The molecule has 0 fully saturated rings. The van der Waals surface area contributed by atoms with E-state index in [-0.39, 0.29) is 0 Å². The summed E-state index contributed by atoms with van der Waals surface area (Å²) in [6.45, 7) is 11.5. The third-order valence-electron chi connectivity index (χ3n) is 3.29. The van der Waals surface area contributed by atoms with Gasteiger partial charge in [0, 0.05) is 6.04 Å². The Kier molecular flexibility index (Phi) is 6.62. The van der Waals surface area contributed by atoms with Crippen molar-refractivity contribution < 1.29 is 4.74 Å². The first kappa shape index (κ1) is 16.6. The van der Waals surface area contributed by atoms with Crippen molar-refractivity contribution in [3.05, 3.63) is 12.1 Å². The molecule has 20 heavy (non-hydrogen) atoms. The predicted octanol–water partition coefficient (Wildman–Crippen LogP) is 3.94. The molecule has 1 rings (SSSR count). The number of ether oxygens (including phenoxy) is 1. The molecule has 114 valence electrons. The van der Waals surface area contributed by atoms with Gasteiger partial charge in [-0.05, 0) is 37.3 Å². The zero-order chi connectivity index (χ0) is 15.1. The second kappa shape index (κ2) is 7.98. The lowest BCUT2D eigenvalue weighted by atomic mass is 10.0. The Morgan fingerprint density at radius 2 is 1.95 bits per heavy atom. The van der Waals surface area contributed by atoms with Crippen LogP contribution in [0.4, 0.5) is 11.5 Å². The molecule has 4 nitrogen and oxygen atoms in total. The quantitative estimate of drug-likeness (QED) is 0.757. The Hall–Kier alpha value is -1.45. The normalized spacial score (nSPS) is 14.1. The van der Waals surface area contributed by atoms with Gasteiger partial charge in [-0.15, -0.1) is 0 Å². The van der Waals surface area contributed by atoms with Crippen molar-refractivity contribution in [1.82, 2.24) is 4.98 Å². The van der Waals surface area contributed by atoms with E-state index in [2.05, 4.69) is 44.9 Å². The predicted molar refractivity (Wildman–Crippen MR) is 86.1 cm³/mol. The minimum atomic E-state index is 0.388. The topological polar surface area (TPSA) is 60.2 Å². The second-order valence-corrected chi connectivity index (χ2v) is 6.09. The number of nitrogens with two attached hydrogens (primary N) is 1. The molecule has 0 saturated carbocycles. The summed E-state index contributed by atoms with van der Waals surface area (Å²) in [6.07, 6.45) is 2.33. The van der Waals surface area contributed by atoms with Gasteiger partial charge in [0.25, 0.3) is 0 Å². The van der Waals surface area contributed by atoms with Crippen LogP contribution in [-0.2, 0) is 0 Å². The maximum atomic E-state index is 5.89. The van der Waals surface area contributed by atoms with Crippen molar-refractivity contribution in [3.63, 3.8) is 0 Å². The molecule has 0 spiro atoms. The Morgan fingerprint density at radius 1 is 1.25 bits per heavy atom. The molecule has 2 unspecified atom stereocenters. The average Bonchev–Trinajstić information content (AvgIpc) is 2.38. The van der Waals surface area contributed by atoms with Gasteiger partial charge in [-0.1, -0.05) is 34.1 Å². The van der Waals surface area contributed by atoms with Crippen molar-refractivity contribution in [3.8, 4) is 5.88 Å². The van der Waals surface area contributed by atoms with Crippen molar-refractivity contribution in [2.75, 3.05) is 17.7 Å². The van der Waals surface area contributed by atoms with E-state index < -0.39 is 0 Å². The van der Waals surface area contributed by atoms with Crippen LogP contribution in [0.25, 0.3) is 0 Å². The van der Waals surface area contributed by atoms with Gasteiger partial charge < -0.3 is 15.8 Å². The van der Waals surface area contributed by atoms with E-state index in [1.54, 1.807) is 0 Å². The highest BCUT2D eigenvalue weighted by Gasteiger charge is 2.10. The summed E-state index contributed by atoms with van der Waals surface area (Å²) in [6, 6.07) is 4.14. The number of pyridine rings is 1. The first-order valence-corrected chi connectivity index (χ1v) is 7.58. The molecule has 0 aliphatic rings. The monoisotopic (exact) mass is 279 g/mol. The van der Waals surface area contributed by atoms with Crippen LogP contribution in [0.1, 0.15) is 47.5 Å². The third-order valence-corrected chi connectivity index (χ3v) is 3.29. The highest BCUT2D eigenvalue weighted by Crippen LogP contribution is 2.22. The Morgan fingerprint density at radius 3 is 2.55 bits per heavy atom. The van der Waals surface area contributed by atoms with Crippen molar-refractivity contribution in [2.45, 2.75) is 53.5 Å². The van der Waals surface area contributed by atoms with Crippen LogP contribution >= 0.6 is 0 Å². The minimum Gasteiger partial charge on any atom is -0.476 e. The van der Waals surface area contributed by atoms with Crippen LogP contribution < -0.4 is 15.8 Å². The highest BCUT2D eigenvalue weighted by molar-refractivity contribution is 5.53. The number of aromatic nitrogens is 1. The fourth-order valence-electron chi connectivity index (χ4n) is 1.97. The van der Waals surface area contributed by atoms with E-state index in [0.717, 1.165) is 12.2 Å². The molecule has 0 aliphatic heterocycles. The zero-order valence-electron chi connectivity index (χ0n) is 13.4. The summed E-state index contributed by atoms with van der Waals surface area (Å²) in [7, 11) is 0. The lowest BCUT2D eigenvalue weighted by Crippen LogP contribution is -2.19. The number of nitrogens with one attached hydrogen (secondary N) is 1. The molecule has 1 heterocycles. The number of nitrogens with zero attached hydrogens (tertiary/aromatic N) is 1. The van der Waals surface area contributed by atoms with Gasteiger partial charge in [0.15, 0.2) is 0 Å². The maximum Gasteiger partial charge on any atom is 0.239 e. The van der Waals surface area contributed by atoms with Gasteiger partial charge in [-0.25, -0.2) is 0 Å². The maximum absolute atomic E-state index is 5.89. The van der Waals surface area contributed by atoms with Crippen LogP contribution in [0, 0.1) is 11.8 Å². The molecule has 1 aromatic heterocycles. The van der Waals surface area contributed by atoms with Crippen LogP contribution in [0.5, 0.6) is 5.88 Å². The summed E-state index contributed by atoms with van der Waals surface area (Å²) >= 11 is 0. The number of rotatable bonds is 8. The lowest BCUT2D eigenvalue weighted by Gasteiger charge is -2.19. The molecule has 3 N–H and O–H groups in total. The Labute approximate surface area is 123 Å². The molecule has 0 aliphatic carbocycles. The summed E-state index contributed by atoms with van der Waals surface area (Å²) in [5, 5.41) is 3.42. The summed E-state index contributed by atoms with van der Waals surface area (Å²) in [5.41, 5.74) is 6.48. The van der Waals surface area contributed by atoms with Gasteiger partial charge in [0.05, 0.1) is 12.3 Å². The van der Waals surface area contributed by atoms with Crippen molar-refractivity contribution in [1.29, 1.82) is 0 Å². The highest BCUT2D eigenvalue weighted by atomic mass is 16.5. The Bertz CT molecular complexity index is 407. The van der Waals surface area contributed by atoms with Crippen LogP contribution in [-0.4, -0.2) is 17.6 Å². The van der Waals surface area contributed by atoms with Crippen LogP contribution in [0.2, 0.25) is 0 Å². The molecule has 0 amide bonds. The van der Waals surface area contributed by atoms with Gasteiger partial charge in [0.1, 0.15) is 5.82 Å². The lowest BCUT2D eigenvalue weighted by molar-refractivity contribution is 0.263. The van der Waals surface area contributed by atoms with E-state index in [1.165, 1.54) is 6.42 Å². The van der Waals surface area contributed by atoms with Gasteiger partial charge in [-0.2, -0.15) is 4.98 Å². The molecule has 2 atom stereocenters. The fourth-order valence-corrected chi connectivity index (χ4v) is 1.97. The largest absolute Gasteiger partial charge is 0.476 e. The Balaban J connectivity index is 2.64. The number of hydrogen-bond acceptors (Lipinski definition) is 4. The summed E-state index contributed by atoms with van der Waals surface area (Å²) < 4.78 is 5.65. The number of nitrogen functional groups attached to an aromatic ring is 1. The van der Waals surface area contributed by atoms with E-state index in [9.17, 15) is 0 Å². The van der Waals surface area contributed by atoms with Crippen molar-refractivity contribution in [2.24, 2.45) is 11.8 Å². The smallest absolute Gasteiger partial charge is 0.239 e. The molecular formula is C16H29N3O. The molecule has 0 radical (unpaired) electrons. The minimum absolute atomic E-state index is 0.388. The van der Waals surface area contributed by atoms with E-state index in [1.807, 2.05) is 12.1 Å². The molecule has 0 aromatic carbocycles. The van der Waals surface area contributed by atoms with Crippen molar-refractivity contribution >= 4 is 11.5 Å². The standard InChI is InChI=1S/C16H29N3O/c1-6-12(4)9-13(5)18-15-8-7-14(17)16(19-15)20-10-11(2)3/h7-8,11-13H,6,9-10,17H2,1-5H3,(H,18,19). The molecular weight excluding hydrogens is 250 g/mol. The molecule has 0 bridgehead atoms. The average molecular weight is 279 g/mol. The fraction of sp³-hybridized carbons (Fsp3) is 0.688.